The summed E-state index contributed by atoms with van der Waals surface area (Å²) in [5.41, 5.74) is 4.70. The maximum atomic E-state index is 10.1. The molecule has 3 atom stereocenters. The van der Waals surface area contributed by atoms with Gasteiger partial charge in [-0.3, -0.25) is 4.90 Å². The van der Waals surface area contributed by atoms with Gasteiger partial charge in [0.05, 0.1) is 0 Å². The van der Waals surface area contributed by atoms with Crippen LogP contribution in [0.3, 0.4) is 0 Å². The molecule has 5 nitrogen and oxygen atoms in total. The Hall–Kier alpha value is -3.44. The van der Waals surface area contributed by atoms with Crippen molar-refractivity contribution in [1.82, 2.24) is 4.90 Å². The van der Waals surface area contributed by atoms with Crippen LogP contribution in [0.25, 0.3) is 11.1 Å². The molecular weight excluding hydrogens is 438 g/mol. The van der Waals surface area contributed by atoms with Gasteiger partial charge in [0.1, 0.15) is 35.7 Å². The Bertz CT molecular complexity index is 1230. The van der Waals surface area contributed by atoms with E-state index in [-0.39, 0.29) is 17.6 Å². The van der Waals surface area contributed by atoms with Gasteiger partial charge >= 0.3 is 0 Å². The molecule has 3 aromatic carbocycles. The molecule has 2 aliphatic rings. The van der Waals surface area contributed by atoms with Crippen molar-refractivity contribution >= 4 is 11.1 Å². The van der Waals surface area contributed by atoms with E-state index < -0.39 is 0 Å². The first-order valence-corrected chi connectivity index (χ1v) is 12.4. The van der Waals surface area contributed by atoms with E-state index in [1.807, 2.05) is 43.3 Å². The third-order valence-electron chi connectivity index (χ3n) is 7.19. The highest BCUT2D eigenvalue weighted by Crippen LogP contribution is 2.47. The molecule has 1 fully saturated rings. The molecule has 0 amide bonds. The van der Waals surface area contributed by atoms with Crippen LogP contribution < -0.4 is 9.47 Å². The molecule has 1 saturated heterocycles. The smallest absolute Gasteiger partial charge is 0.150 e. The van der Waals surface area contributed by atoms with Gasteiger partial charge in [-0.25, -0.2) is 0 Å². The van der Waals surface area contributed by atoms with E-state index in [1.54, 1.807) is 30.3 Å². The van der Waals surface area contributed by atoms with Crippen molar-refractivity contribution in [3.8, 4) is 23.0 Å². The van der Waals surface area contributed by atoms with Crippen LogP contribution in [-0.2, 0) is 0 Å². The second-order valence-electron chi connectivity index (χ2n) is 9.89. The van der Waals surface area contributed by atoms with Gasteiger partial charge in [0.15, 0.2) is 0 Å². The number of benzene rings is 3. The van der Waals surface area contributed by atoms with Crippen molar-refractivity contribution in [2.24, 2.45) is 5.92 Å². The predicted molar refractivity (Wildman–Crippen MR) is 139 cm³/mol. The molecule has 2 unspecified atom stereocenters. The van der Waals surface area contributed by atoms with E-state index in [0.29, 0.717) is 12.6 Å². The number of fused-ring (bicyclic) bond motifs is 1. The summed E-state index contributed by atoms with van der Waals surface area (Å²) in [6, 6.07) is 20.9. The lowest BCUT2D eigenvalue weighted by molar-refractivity contribution is 0.169. The fourth-order valence-electron chi connectivity index (χ4n) is 5.15. The zero-order chi connectivity index (χ0) is 24.5. The van der Waals surface area contributed by atoms with E-state index in [2.05, 4.69) is 18.7 Å². The van der Waals surface area contributed by atoms with Gasteiger partial charge in [-0.1, -0.05) is 31.2 Å². The molecule has 5 heteroatoms. The van der Waals surface area contributed by atoms with Crippen molar-refractivity contribution in [2.45, 2.75) is 39.3 Å². The minimum Gasteiger partial charge on any atom is -0.508 e. The summed E-state index contributed by atoms with van der Waals surface area (Å²) in [5, 5.41) is 20.2. The Morgan fingerprint density at radius 2 is 1.80 bits per heavy atom. The monoisotopic (exact) mass is 471 g/mol. The fourth-order valence-corrected chi connectivity index (χ4v) is 5.15. The second kappa shape index (κ2) is 9.67. The Labute approximate surface area is 207 Å². The average molecular weight is 472 g/mol. The van der Waals surface area contributed by atoms with Crippen LogP contribution in [0.1, 0.15) is 50.0 Å². The number of phenolic OH excluding ortho intramolecular Hbond substituents is 2. The van der Waals surface area contributed by atoms with E-state index >= 15 is 0 Å². The molecule has 0 aliphatic carbocycles. The van der Waals surface area contributed by atoms with Crippen LogP contribution >= 0.6 is 0 Å². The van der Waals surface area contributed by atoms with Crippen LogP contribution in [0.15, 0.2) is 66.7 Å². The van der Waals surface area contributed by atoms with Crippen LogP contribution in [0.5, 0.6) is 23.0 Å². The number of aromatic hydroxyl groups is 2. The lowest BCUT2D eigenvalue weighted by Gasteiger charge is -2.31. The fraction of sp³-hybridized carbons (Fsp3) is 0.333. The van der Waals surface area contributed by atoms with E-state index in [0.717, 1.165) is 58.3 Å². The van der Waals surface area contributed by atoms with Crippen molar-refractivity contribution in [3.05, 3.63) is 83.4 Å². The highest BCUT2D eigenvalue weighted by Gasteiger charge is 2.30. The number of hydrogen-bond donors (Lipinski definition) is 2. The summed E-state index contributed by atoms with van der Waals surface area (Å²) in [6.45, 7) is 9.52. The van der Waals surface area contributed by atoms with Gasteiger partial charge in [-0.05, 0) is 91.9 Å². The molecule has 0 radical (unpaired) electrons. The summed E-state index contributed by atoms with van der Waals surface area (Å²) in [5.74, 6) is 2.73. The third-order valence-corrected chi connectivity index (χ3v) is 7.19. The highest BCUT2D eigenvalue weighted by molar-refractivity contribution is 5.95. The zero-order valence-corrected chi connectivity index (χ0v) is 20.6. The summed E-state index contributed by atoms with van der Waals surface area (Å²) in [4.78, 5) is 2.50. The first-order chi connectivity index (χ1) is 16.9. The molecule has 0 aromatic heterocycles. The minimum absolute atomic E-state index is 0.194. The van der Waals surface area contributed by atoms with Gasteiger partial charge in [0.25, 0.3) is 0 Å². The van der Waals surface area contributed by atoms with E-state index in [9.17, 15) is 10.2 Å². The summed E-state index contributed by atoms with van der Waals surface area (Å²) in [7, 11) is 0. The molecule has 35 heavy (non-hydrogen) atoms. The van der Waals surface area contributed by atoms with E-state index in [1.165, 1.54) is 6.42 Å². The number of rotatable bonds is 6. The van der Waals surface area contributed by atoms with Crippen LogP contribution in [0, 0.1) is 5.92 Å². The molecule has 5 rings (SSSR count). The maximum absolute atomic E-state index is 10.1. The number of hydrogen-bond acceptors (Lipinski definition) is 5. The number of ether oxygens (including phenoxy) is 2. The van der Waals surface area contributed by atoms with Crippen LogP contribution in [0.2, 0.25) is 0 Å². The topological polar surface area (TPSA) is 62.2 Å². The van der Waals surface area contributed by atoms with Crippen LogP contribution in [0.4, 0.5) is 0 Å². The zero-order valence-electron chi connectivity index (χ0n) is 20.6. The Morgan fingerprint density at radius 1 is 1.03 bits per heavy atom. The standard InChI is InChI=1S/C30H33NO4/c1-19-13-14-31(17-19)20(2)18-34-26-10-7-22(8-11-26)30-29(23-5-4-6-24(32)15-23)21(3)27-16-25(33)9-12-28(27)35-30/h4-12,15-16,19-20,30,32-33H,13-14,17-18H2,1-3H3/t19-,20?,30?/m1/s1. The molecule has 2 aliphatic heterocycles. The summed E-state index contributed by atoms with van der Waals surface area (Å²) < 4.78 is 12.6. The summed E-state index contributed by atoms with van der Waals surface area (Å²) in [6.07, 6.45) is 0.908. The van der Waals surface area contributed by atoms with Crippen LogP contribution in [-0.4, -0.2) is 40.9 Å². The normalized spacial score (nSPS) is 20.9. The molecule has 2 N–H and O–H groups in total. The molecule has 0 saturated carbocycles. The summed E-state index contributed by atoms with van der Waals surface area (Å²) >= 11 is 0. The van der Waals surface area contributed by atoms with Crippen molar-refractivity contribution in [2.75, 3.05) is 19.7 Å². The molecular formula is C30H33NO4. The van der Waals surface area contributed by atoms with Crippen molar-refractivity contribution < 1.29 is 19.7 Å². The Morgan fingerprint density at radius 3 is 2.51 bits per heavy atom. The number of likely N-dealkylation sites (tertiary alicyclic amines) is 1. The molecule has 0 spiro atoms. The van der Waals surface area contributed by atoms with Gasteiger partial charge in [-0.2, -0.15) is 0 Å². The maximum Gasteiger partial charge on any atom is 0.150 e. The Balaban J connectivity index is 1.41. The predicted octanol–water partition coefficient (Wildman–Crippen LogP) is 6.27. The van der Waals surface area contributed by atoms with Gasteiger partial charge in [-0.15, -0.1) is 0 Å². The average Bonchev–Trinajstić information content (AvgIpc) is 3.29. The quantitative estimate of drug-likeness (QED) is 0.444. The van der Waals surface area contributed by atoms with Crippen molar-refractivity contribution in [1.29, 1.82) is 0 Å². The highest BCUT2D eigenvalue weighted by atomic mass is 16.5. The molecule has 3 aromatic rings. The third kappa shape index (κ3) is 4.87. The number of nitrogens with zero attached hydrogens (tertiary/aromatic N) is 1. The first kappa shape index (κ1) is 23.3. The minimum atomic E-state index is -0.354. The largest absolute Gasteiger partial charge is 0.508 e. The Kier molecular flexibility index (Phi) is 6.44. The second-order valence-corrected chi connectivity index (χ2v) is 9.89. The van der Waals surface area contributed by atoms with Gasteiger partial charge in [0, 0.05) is 23.7 Å². The molecule has 182 valence electrons. The van der Waals surface area contributed by atoms with Crippen molar-refractivity contribution in [3.63, 3.8) is 0 Å². The lowest BCUT2D eigenvalue weighted by Crippen LogP contribution is -2.35. The van der Waals surface area contributed by atoms with Gasteiger partial charge in [0.2, 0.25) is 0 Å². The van der Waals surface area contributed by atoms with Gasteiger partial charge < -0.3 is 19.7 Å². The van der Waals surface area contributed by atoms with E-state index in [4.69, 9.17) is 9.47 Å². The molecule has 0 bridgehead atoms. The number of allylic oxidation sites excluding steroid dienone is 1. The molecule has 2 heterocycles. The SMILES string of the molecule is CC1=C(c2cccc(O)c2)C(c2ccc(OCC(C)N3CC[C@@H](C)C3)cc2)Oc2ccc(O)cc21. The first-order valence-electron chi connectivity index (χ1n) is 12.4. The lowest BCUT2D eigenvalue weighted by atomic mass is 9.86. The number of phenols is 2.